The van der Waals surface area contributed by atoms with E-state index in [0.29, 0.717) is 13.0 Å². The third-order valence-electron chi connectivity index (χ3n) is 6.72. The van der Waals surface area contributed by atoms with Crippen molar-refractivity contribution in [3.63, 3.8) is 0 Å². The van der Waals surface area contributed by atoms with Crippen molar-refractivity contribution in [2.45, 2.75) is 116 Å². The molecule has 1 fully saturated rings. The van der Waals surface area contributed by atoms with Crippen LogP contribution < -0.4 is 0 Å². The lowest BCUT2D eigenvalue weighted by atomic mass is 9.75. The van der Waals surface area contributed by atoms with Crippen LogP contribution in [0.2, 0.25) is 18.1 Å². The molecule has 2 heterocycles. The van der Waals surface area contributed by atoms with E-state index in [1.54, 1.807) is 47.6 Å². The maximum Gasteiger partial charge on any atom is 0.313 e. The van der Waals surface area contributed by atoms with Crippen LogP contribution in [-0.4, -0.2) is 55.6 Å². The molecule has 2 aliphatic heterocycles. The second-order valence-corrected chi connectivity index (χ2v) is 17.8. The fraction of sp³-hybridized carbons (Fsp3) is 0.808. The molecule has 0 radical (unpaired) electrons. The highest BCUT2D eigenvalue weighted by Crippen LogP contribution is 2.49. The average molecular weight is 497 g/mol. The largest absolute Gasteiger partial charge is 0.460 e. The van der Waals surface area contributed by atoms with Crippen LogP contribution >= 0.6 is 0 Å². The zero-order chi connectivity index (χ0) is 26.3. The van der Waals surface area contributed by atoms with Gasteiger partial charge < -0.3 is 18.6 Å². The van der Waals surface area contributed by atoms with Crippen molar-refractivity contribution < 1.29 is 33.0 Å². The Morgan fingerprint density at radius 1 is 0.971 bits per heavy atom. The molecule has 0 aliphatic carbocycles. The zero-order valence-electron chi connectivity index (χ0n) is 22.9. The fourth-order valence-electron chi connectivity index (χ4n) is 4.12. The number of ketones is 1. The molecule has 2 aliphatic rings. The molecular formula is C26H44O7Si. The molecule has 194 valence electrons. The average Bonchev–Trinajstić information content (AvgIpc) is 2.89. The summed E-state index contributed by atoms with van der Waals surface area (Å²) in [5.74, 6) is -3.56. The van der Waals surface area contributed by atoms with Gasteiger partial charge in [0.2, 0.25) is 0 Å². The molecule has 0 aromatic rings. The van der Waals surface area contributed by atoms with Crippen LogP contribution in [0.5, 0.6) is 0 Å². The van der Waals surface area contributed by atoms with E-state index < -0.39 is 55.0 Å². The Labute approximate surface area is 206 Å². The Balaban J connectivity index is 2.35. The SMILES string of the molecule is CC(C)(C)OC(=O)[C@@H]1[C@@H](C(=O)OC(C)(C)C)[C@@]2(CCCO[Si](C)(C)C(C)(C)C)O[C@@H]1C=CC2=O. The van der Waals surface area contributed by atoms with Gasteiger partial charge in [-0.2, -0.15) is 0 Å². The van der Waals surface area contributed by atoms with Crippen molar-refractivity contribution in [1.29, 1.82) is 0 Å². The van der Waals surface area contributed by atoms with Crippen molar-refractivity contribution in [2.24, 2.45) is 11.8 Å². The summed E-state index contributed by atoms with van der Waals surface area (Å²) >= 11 is 0. The van der Waals surface area contributed by atoms with E-state index in [2.05, 4.69) is 33.9 Å². The zero-order valence-corrected chi connectivity index (χ0v) is 23.9. The van der Waals surface area contributed by atoms with E-state index in [0.717, 1.165) is 0 Å². The number of hydrogen-bond donors (Lipinski definition) is 0. The summed E-state index contributed by atoms with van der Waals surface area (Å²) < 4.78 is 23.8. The van der Waals surface area contributed by atoms with Crippen molar-refractivity contribution in [1.82, 2.24) is 0 Å². The monoisotopic (exact) mass is 496 g/mol. The molecule has 0 N–H and O–H groups in total. The van der Waals surface area contributed by atoms with Gasteiger partial charge in [-0.3, -0.25) is 14.4 Å². The number of carbonyl (C=O) groups excluding carboxylic acids is 3. The van der Waals surface area contributed by atoms with Crippen LogP contribution in [0.4, 0.5) is 0 Å². The summed E-state index contributed by atoms with van der Waals surface area (Å²) in [7, 11) is -1.97. The number of esters is 2. The summed E-state index contributed by atoms with van der Waals surface area (Å²) in [6.07, 6.45) is 3.03. The molecule has 4 atom stereocenters. The van der Waals surface area contributed by atoms with Crippen LogP contribution in [0.3, 0.4) is 0 Å². The normalized spacial score (nSPS) is 27.6. The smallest absolute Gasteiger partial charge is 0.313 e. The lowest BCUT2D eigenvalue weighted by Crippen LogP contribution is -2.51. The van der Waals surface area contributed by atoms with E-state index in [-0.39, 0.29) is 17.2 Å². The standard InChI is InChI=1S/C26H44O7Si/c1-23(2,3)32-21(28)19-17-13-14-18(27)26(31-17,20(19)22(29)33-24(4,5)6)15-12-16-30-34(10,11)25(7,8)9/h13-14,17,19-20H,12,15-16H2,1-11H3/t17-,19+,20+,26+/m1/s1. The highest BCUT2D eigenvalue weighted by molar-refractivity contribution is 6.74. The minimum atomic E-state index is -1.97. The van der Waals surface area contributed by atoms with Crippen LogP contribution in [-0.2, 0) is 33.0 Å². The van der Waals surface area contributed by atoms with E-state index in [4.69, 9.17) is 18.6 Å². The first-order valence-corrected chi connectivity index (χ1v) is 15.1. The first kappa shape index (κ1) is 28.7. The van der Waals surface area contributed by atoms with Gasteiger partial charge in [-0.1, -0.05) is 26.8 Å². The molecule has 1 saturated heterocycles. The van der Waals surface area contributed by atoms with Crippen molar-refractivity contribution >= 4 is 26.0 Å². The van der Waals surface area contributed by atoms with Crippen LogP contribution in [0, 0.1) is 11.8 Å². The second-order valence-electron chi connectivity index (χ2n) is 13.0. The number of fused-ring (bicyclic) bond motifs is 2. The van der Waals surface area contributed by atoms with E-state index in [1.807, 2.05) is 0 Å². The van der Waals surface area contributed by atoms with Gasteiger partial charge in [0.25, 0.3) is 0 Å². The molecule has 0 aromatic heterocycles. The molecule has 2 bridgehead atoms. The third kappa shape index (κ3) is 6.37. The highest BCUT2D eigenvalue weighted by atomic mass is 28.4. The van der Waals surface area contributed by atoms with Gasteiger partial charge in [0.05, 0.1) is 6.10 Å². The van der Waals surface area contributed by atoms with Gasteiger partial charge in [-0.05, 0) is 78.6 Å². The van der Waals surface area contributed by atoms with E-state index >= 15 is 0 Å². The van der Waals surface area contributed by atoms with Gasteiger partial charge in [0.1, 0.15) is 28.6 Å². The summed E-state index contributed by atoms with van der Waals surface area (Å²) in [6.45, 7) is 21.9. The van der Waals surface area contributed by atoms with Crippen molar-refractivity contribution in [3.05, 3.63) is 12.2 Å². The molecule has 0 amide bonds. The summed E-state index contributed by atoms with van der Waals surface area (Å²) in [4.78, 5) is 39.9. The molecule has 7 nitrogen and oxygen atoms in total. The van der Waals surface area contributed by atoms with E-state index in [9.17, 15) is 14.4 Å². The predicted molar refractivity (Wildman–Crippen MR) is 133 cm³/mol. The van der Waals surface area contributed by atoms with Crippen LogP contribution in [0.25, 0.3) is 0 Å². The lowest BCUT2D eigenvalue weighted by Gasteiger charge is -2.37. The molecule has 8 heteroatoms. The molecule has 0 unspecified atom stereocenters. The number of ether oxygens (including phenoxy) is 3. The van der Waals surface area contributed by atoms with Crippen molar-refractivity contribution in [3.8, 4) is 0 Å². The Kier molecular flexibility index (Phi) is 8.03. The van der Waals surface area contributed by atoms with Gasteiger partial charge in [-0.15, -0.1) is 0 Å². The van der Waals surface area contributed by atoms with Crippen LogP contribution in [0.1, 0.15) is 75.2 Å². The number of carbonyl (C=O) groups is 3. The Morgan fingerprint density at radius 2 is 1.50 bits per heavy atom. The Bertz CT molecular complexity index is 826. The highest BCUT2D eigenvalue weighted by Gasteiger charge is 2.65. The first-order valence-electron chi connectivity index (χ1n) is 12.2. The fourth-order valence-corrected chi connectivity index (χ4v) is 5.21. The number of hydrogen-bond acceptors (Lipinski definition) is 7. The minimum absolute atomic E-state index is 0.0600. The lowest BCUT2D eigenvalue weighted by molar-refractivity contribution is -0.176. The maximum atomic E-state index is 13.4. The quantitative estimate of drug-likeness (QED) is 0.279. The number of rotatable bonds is 7. The molecule has 2 rings (SSSR count). The van der Waals surface area contributed by atoms with E-state index in [1.165, 1.54) is 6.08 Å². The van der Waals surface area contributed by atoms with Crippen molar-refractivity contribution in [2.75, 3.05) is 6.61 Å². The topological polar surface area (TPSA) is 88.1 Å². The molecule has 0 aromatic carbocycles. The van der Waals surface area contributed by atoms with Crippen LogP contribution in [0.15, 0.2) is 12.2 Å². The first-order chi connectivity index (χ1) is 15.2. The Hall–Kier alpha value is -1.51. The molecule has 34 heavy (non-hydrogen) atoms. The third-order valence-corrected chi connectivity index (χ3v) is 11.3. The Morgan fingerprint density at radius 3 is 2.00 bits per heavy atom. The molecular weight excluding hydrogens is 452 g/mol. The molecule has 0 spiro atoms. The molecule has 0 saturated carbocycles. The van der Waals surface area contributed by atoms with Gasteiger partial charge in [-0.25, -0.2) is 0 Å². The summed E-state index contributed by atoms with van der Waals surface area (Å²) in [5.41, 5.74) is -3.00. The minimum Gasteiger partial charge on any atom is -0.460 e. The second kappa shape index (κ2) is 9.51. The predicted octanol–water partition coefficient (Wildman–Crippen LogP) is 4.98. The summed E-state index contributed by atoms with van der Waals surface area (Å²) in [6, 6.07) is 0. The maximum absolute atomic E-state index is 13.4. The van der Waals surface area contributed by atoms with Gasteiger partial charge >= 0.3 is 11.9 Å². The van der Waals surface area contributed by atoms with Gasteiger partial charge in [0, 0.05) is 6.61 Å². The summed E-state index contributed by atoms with van der Waals surface area (Å²) in [5, 5.41) is 0.0600. The van der Waals surface area contributed by atoms with Gasteiger partial charge in [0.15, 0.2) is 14.1 Å².